The SMILES string of the molecule is CC(C)(C)OC(=O)NC(Cn1cccc1)C(=O)ON1C(=O)c2ccccc2C1=O. The van der Waals surface area contributed by atoms with Crippen molar-refractivity contribution in [2.45, 2.75) is 39.0 Å². The van der Waals surface area contributed by atoms with Crippen molar-refractivity contribution in [3.05, 3.63) is 59.9 Å². The lowest BCUT2D eigenvalue weighted by atomic mass is 10.1. The van der Waals surface area contributed by atoms with E-state index in [1.54, 1.807) is 62.0 Å². The number of hydrogen-bond acceptors (Lipinski definition) is 6. The van der Waals surface area contributed by atoms with E-state index in [1.165, 1.54) is 12.1 Å². The van der Waals surface area contributed by atoms with Crippen LogP contribution in [-0.4, -0.2) is 45.2 Å². The van der Waals surface area contributed by atoms with Crippen LogP contribution in [0.3, 0.4) is 0 Å². The zero-order chi connectivity index (χ0) is 21.2. The number of ether oxygens (including phenoxy) is 1. The summed E-state index contributed by atoms with van der Waals surface area (Å²) in [6, 6.07) is 8.46. The second-order valence-corrected chi connectivity index (χ2v) is 7.44. The second-order valence-electron chi connectivity index (χ2n) is 7.44. The number of hydrogen-bond donors (Lipinski definition) is 1. The van der Waals surface area contributed by atoms with Crippen molar-refractivity contribution in [2.75, 3.05) is 0 Å². The van der Waals surface area contributed by atoms with E-state index in [2.05, 4.69) is 5.32 Å². The Morgan fingerprint density at radius 3 is 2.07 bits per heavy atom. The summed E-state index contributed by atoms with van der Waals surface area (Å²) in [4.78, 5) is 54.7. The molecule has 3 rings (SSSR count). The molecule has 1 aromatic heterocycles. The lowest BCUT2D eigenvalue weighted by molar-refractivity contribution is -0.171. The van der Waals surface area contributed by atoms with Crippen molar-refractivity contribution in [1.29, 1.82) is 0 Å². The number of nitrogens with zero attached hydrogens (tertiary/aromatic N) is 2. The molecule has 1 aromatic carbocycles. The van der Waals surface area contributed by atoms with E-state index in [0.29, 0.717) is 5.06 Å². The van der Waals surface area contributed by atoms with Gasteiger partial charge in [-0.2, -0.15) is 0 Å². The maximum Gasteiger partial charge on any atom is 0.408 e. The van der Waals surface area contributed by atoms with E-state index >= 15 is 0 Å². The van der Waals surface area contributed by atoms with Crippen LogP contribution in [0, 0.1) is 0 Å². The molecule has 0 radical (unpaired) electrons. The van der Waals surface area contributed by atoms with Crippen LogP contribution in [-0.2, 0) is 20.9 Å². The minimum atomic E-state index is -1.19. The Balaban J connectivity index is 1.75. The first kappa shape index (κ1) is 20.1. The zero-order valence-electron chi connectivity index (χ0n) is 16.2. The van der Waals surface area contributed by atoms with E-state index in [4.69, 9.17) is 9.57 Å². The van der Waals surface area contributed by atoms with Gasteiger partial charge < -0.3 is 19.5 Å². The first-order valence-corrected chi connectivity index (χ1v) is 8.95. The summed E-state index contributed by atoms with van der Waals surface area (Å²) in [5.41, 5.74) is -0.478. The molecule has 0 fully saturated rings. The fourth-order valence-electron chi connectivity index (χ4n) is 2.74. The van der Waals surface area contributed by atoms with Crippen LogP contribution < -0.4 is 5.32 Å². The molecule has 2 aromatic rings. The predicted octanol–water partition coefficient (Wildman–Crippen LogP) is 2.14. The number of benzene rings is 1. The number of carbonyl (C=O) groups excluding carboxylic acids is 4. The molecule has 1 unspecified atom stereocenters. The van der Waals surface area contributed by atoms with Crippen LogP contribution in [0.15, 0.2) is 48.8 Å². The third kappa shape index (κ3) is 4.63. The van der Waals surface area contributed by atoms with Crippen LogP contribution in [0.5, 0.6) is 0 Å². The highest BCUT2D eigenvalue weighted by atomic mass is 16.7. The minimum Gasteiger partial charge on any atom is -0.444 e. The quantitative estimate of drug-likeness (QED) is 0.772. The molecule has 1 aliphatic heterocycles. The number of hydroxylamine groups is 2. The van der Waals surface area contributed by atoms with Crippen molar-refractivity contribution in [3.63, 3.8) is 0 Å². The summed E-state index contributed by atoms with van der Waals surface area (Å²) in [6.45, 7) is 5.08. The van der Waals surface area contributed by atoms with Crippen molar-refractivity contribution in [1.82, 2.24) is 14.9 Å². The summed E-state index contributed by atoms with van der Waals surface area (Å²) in [5.74, 6) is -2.45. The lowest BCUT2D eigenvalue weighted by Crippen LogP contribution is -2.48. The van der Waals surface area contributed by atoms with Gasteiger partial charge in [0.1, 0.15) is 5.60 Å². The Morgan fingerprint density at radius 1 is 1.00 bits per heavy atom. The van der Waals surface area contributed by atoms with Crippen LogP contribution in [0.1, 0.15) is 41.5 Å². The molecule has 9 nitrogen and oxygen atoms in total. The monoisotopic (exact) mass is 399 g/mol. The number of carbonyl (C=O) groups is 4. The fourth-order valence-corrected chi connectivity index (χ4v) is 2.74. The Labute approximate surface area is 167 Å². The topological polar surface area (TPSA) is 107 Å². The third-order valence-corrected chi connectivity index (χ3v) is 3.97. The summed E-state index contributed by atoms with van der Waals surface area (Å²) in [5, 5.41) is 2.84. The molecule has 3 amide bonds. The van der Waals surface area contributed by atoms with Crippen LogP contribution in [0.25, 0.3) is 0 Å². The largest absolute Gasteiger partial charge is 0.444 e. The molecule has 0 bridgehead atoms. The van der Waals surface area contributed by atoms with Gasteiger partial charge in [-0.3, -0.25) is 9.59 Å². The van der Waals surface area contributed by atoms with E-state index in [-0.39, 0.29) is 17.7 Å². The van der Waals surface area contributed by atoms with Gasteiger partial charge in [-0.15, -0.1) is 0 Å². The summed E-state index contributed by atoms with van der Waals surface area (Å²) in [6.07, 6.45) is 2.56. The fraction of sp³-hybridized carbons (Fsp3) is 0.300. The standard InChI is InChI=1S/C20H21N3O6/c1-20(2,3)28-19(27)21-15(12-22-10-6-7-11-22)18(26)29-23-16(24)13-8-4-5-9-14(13)17(23)25/h4-11,15H,12H2,1-3H3,(H,21,27). The number of imide groups is 1. The molecule has 0 aliphatic carbocycles. The van der Waals surface area contributed by atoms with Crippen molar-refractivity contribution in [3.8, 4) is 0 Å². The van der Waals surface area contributed by atoms with Gasteiger partial charge in [-0.25, -0.2) is 9.59 Å². The molecule has 9 heteroatoms. The summed E-state index contributed by atoms with van der Waals surface area (Å²) < 4.78 is 6.83. The Bertz CT molecular complexity index is 910. The lowest BCUT2D eigenvalue weighted by Gasteiger charge is -2.24. The van der Waals surface area contributed by atoms with E-state index in [1.807, 2.05) is 0 Å². The van der Waals surface area contributed by atoms with Gasteiger partial charge in [0.15, 0.2) is 6.04 Å². The normalized spacial score (nSPS) is 14.4. The zero-order valence-corrected chi connectivity index (χ0v) is 16.2. The molecule has 0 saturated carbocycles. The molecule has 29 heavy (non-hydrogen) atoms. The van der Waals surface area contributed by atoms with Crippen LogP contribution in [0.2, 0.25) is 0 Å². The van der Waals surface area contributed by atoms with Gasteiger partial charge in [0.25, 0.3) is 11.8 Å². The Kier molecular flexibility index (Phi) is 5.40. The first-order valence-electron chi connectivity index (χ1n) is 8.95. The second kappa shape index (κ2) is 7.78. The van der Waals surface area contributed by atoms with Gasteiger partial charge in [0, 0.05) is 12.4 Å². The number of nitrogens with one attached hydrogen (secondary N) is 1. The first-order chi connectivity index (χ1) is 13.7. The molecular weight excluding hydrogens is 378 g/mol. The van der Waals surface area contributed by atoms with Gasteiger partial charge in [-0.05, 0) is 45.0 Å². The predicted molar refractivity (Wildman–Crippen MR) is 101 cm³/mol. The number of rotatable bonds is 5. The Morgan fingerprint density at radius 2 is 1.55 bits per heavy atom. The molecule has 152 valence electrons. The molecule has 1 atom stereocenters. The smallest absolute Gasteiger partial charge is 0.408 e. The van der Waals surface area contributed by atoms with Gasteiger partial charge >= 0.3 is 12.1 Å². The average molecular weight is 399 g/mol. The Hall–Kier alpha value is -3.62. The minimum absolute atomic E-state index is 0.0221. The molecule has 1 N–H and O–H groups in total. The van der Waals surface area contributed by atoms with E-state index < -0.39 is 35.5 Å². The molecular formula is C20H21N3O6. The maximum atomic E-state index is 12.7. The molecule has 0 spiro atoms. The molecule has 1 aliphatic rings. The van der Waals surface area contributed by atoms with Crippen molar-refractivity contribution >= 4 is 23.9 Å². The molecule has 0 saturated heterocycles. The number of fused-ring (bicyclic) bond motifs is 1. The van der Waals surface area contributed by atoms with Gasteiger partial charge in [-0.1, -0.05) is 17.2 Å². The molecule has 2 heterocycles. The average Bonchev–Trinajstić information content (AvgIpc) is 3.23. The summed E-state index contributed by atoms with van der Waals surface area (Å²) in [7, 11) is 0. The van der Waals surface area contributed by atoms with Crippen LogP contribution in [0.4, 0.5) is 4.79 Å². The van der Waals surface area contributed by atoms with Crippen LogP contribution >= 0.6 is 0 Å². The van der Waals surface area contributed by atoms with Crippen molar-refractivity contribution in [2.24, 2.45) is 0 Å². The number of amides is 3. The number of alkyl carbamates (subject to hydrolysis) is 1. The van der Waals surface area contributed by atoms with Gasteiger partial charge in [0.05, 0.1) is 17.7 Å². The van der Waals surface area contributed by atoms with E-state index in [9.17, 15) is 19.2 Å². The third-order valence-electron chi connectivity index (χ3n) is 3.97. The van der Waals surface area contributed by atoms with Gasteiger partial charge in [0.2, 0.25) is 0 Å². The van der Waals surface area contributed by atoms with Crippen molar-refractivity contribution < 1.29 is 28.8 Å². The summed E-state index contributed by atoms with van der Waals surface area (Å²) >= 11 is 0. The highest BCUT2D eigenvalue weighted by Crippen LogP contribution is 2.23. The highest BCUT2D eigenvalue weighted by molar-refractivity contribution is 6.20. The maximum absolute atomic E-state index is 12.7. The highest BCUT2D eigenvalue weighted by Gasteiger charge is 2.40. The number of aromatic nitrogens is 1. The van der Waals surface area contributed by atoms with E-state index in [0.717, 1.165) is 0 Å².